The van der Waals surface area contributed by atoms with Gasteiger partial charge in [0.05, 0.1) is 11.4 Å². The maximum absolute atomic E-state index is 5.70. The Labute approximate surface area is 139 Å². The van der Waals surface area contributed by atoms with Crippen molar-refractivity contribution in [1.29, 1.82) is 0 Å². The summed E-state index contributed by atoms with van der Waals surface area (Å²) in [5.74, 6) is 0.278. The number of hydrogen-bond acceptors (Lipinski definition) is 5. The van der Waals surface area contributed by atoms with Gasteiger partial charge in [-0.2, -0.15) is 4.98 Å². The molecule has 0 unspecified atom stereocenters. The number of nitrogens with zero attached hydrogens (tertiary/aromatic N) is 4. The van der Waals surface area contributed by atoms with Crippen molar-refractivity contribution in [3.05, 3.63) is 72.6 Å². The summed E-state index contributed by atoms with van der Waals surface area (Å²) in [5.41, 5.74) is 10.7. The van der Waals surface area contributed by atoms with E-state index in [4.69, 9.17) is 5.73 Å². The highest BCUT2D eigenvalue weighted by Crippen LogP contribution is 2.21. The van der Waals surface area contributed by atoms with Crippen molar-refractivity contribution in [2.45, 2.75) is 6.54 Å². The molecular weight excluding hydrogens is 300 g/mol. The Bertz CT molecular complexity index is 960. The first-order valence-corrected chi connectivity index (χ1v) is 7.64. The van der Waals surface area contributed by atoms with Gasteiger partial charge in [0.1, 0.15) is 0 Å². The summed E-state index contributed by atoms with van der Waals surface area (Å²) in [6.45, 7) is 0.743. The number of benzene rings is 1. The van der Waals surface area contributed by atoms with Gasteiger partial charge in [-0.05, 0) is 29.8 Å². The van der Waals surface area contributed by atoms with Gasteiger partial charge in [-0.1, -0.05) is 30.3 Å². The average molecular weight is 316 g/mol. The molecule has 0 aliphatic carbocycles. The molecule has 118 valence electrons. The van der Waals surface area contributed by atoms with E-state index in [2.05, 4.69) is 44.6 Å². The first kappa shape index (κ1) is 14.2. The van der Waals surface area contributed by atoms with Crippen molar-refractivity contribution in [2.24, 2.45) is 0 Å². The van der Waals surface area contributed by atoms with Crippen LogP contribution < -0.4 is 11.1 Å². The van der Waals surface area contributed by atoms with Crippen molar-refractivity contribution >= 4 is 17.3 Å². The highest BCUT2D eigenvalue weighted by Gasteiger charge is 2.07. The van der Waals surface area contributed by atoms with Gasteiger partial charge < -0.3 is 11.1 Å². The highest BCUT2D eigenvalue weighted by atomic mass is 15.3. The van der Waals surface area contributed by atoms with Crippen molar-refractivity contribution in [1.82, 2.24) is 19.6 Å². The van der Waals surface area contributed by atoms with Crippen LogP contribution in [0.2, 0.25) is 0 Å². The van der Waals surface area contributed by atoms with Crippen molar-refractivity contribution in [3.63, 3.8) is 0 Å². The molecule has 0 fully saturated rings. The molecular formula is C18H16N6. The molecule has 0 aliphatic heterocycles. The Morgan fingerprint density at radius 2 is 1.88 bits per heavy atom. The summed E-state index contributed by atoms with van der Waals surface area (Å²) < 4.78 is 1.76. The number of pyridine rings is 2. The average Bonchev–Trinajstić information content (AvgIpc) is 3.01. The second kappa shape index (κ2) is 6.00. The van der Waals surface area contributed by atoms with E-state index in [9.17, 15) is 0 Å². The van der Waals surface area contributed by atoms with Crippen LogP contribution in [0.5, 0.6) is 0 Å². The normalized spacial score (nSPS) is 10.8. The number of nitrogens with two attached hydrogens (primary N) is 1. The van der Waals surface area contributed by atoms with E-state index >= 15 is 0 Å². The van der Waals surface area contributed by atoms with Crippen LogP contribution in [0.25, 0.3) is 16.9 Å². The predicted octanol–water partition coefficient (Wildman–Crippen LogP) is 2.99. The zero-order chi connectivity index (χ0) is 16.4. The van der Waals surface area contributed by atoms with Gasteiger partial charge in [-0.15, -0.1) is 5.10 Å². The summed E-state index contributed by atoms with van der Waals surface area (Å²) >= 11 is 0. The van der Waals surface area contributed by atoms with Gasteiger partial charge in [0.15, 0.2) is 5.65 Å². The van der Waals surface area contributed by atoms with E-state index in [-0.39, 0.29) is 5.95 Å². The molecule has 0 bridgehead atoms. The molecule has 0 radical (unpaired) electrons. The van der Waals surface area contributed by atoms with Crippen LogP contribution in [-0.4, -0.2) is 19.6 Å². The fourth-order valence-corrected chi connectivity index (χ4v) is 2.61. The third-order valence-electron chi connectivity index (χ3n) is 3.78. The zero-order valence-electron chi connectivity index (χ0n) is 12.9. The first-order valence-electron chi connectivity index (χ1n) is 7.64. The number of anilines is 2. The third kappa shape index (κ3) is 2.77. The van der Waals surface area contributed by atoms with Gasteiger partial charge >= 0.3 is 0 Å². The van der Waals surface area contributed by atoms with Crippen LogP contribution in [0.1, 0.15) is 5.56 Å². The topological polar surface area (TPSA) is 81.1 Å². The minimum atomic E-state index is 0.278. The maximum atomic E-state index is 5.70. The van der Waals surface area contributed by atoms with Crippen LogP contribution in [0, 0.1) is 0 Å². The lowest BCUT2D eigenvalue weighted by molar-refractivity contribution is 0.976. The van der Waals surface area contributed by atoms with E-state index in [0.717, 1.165) is 29.1 Å². The van der Waals surface area contributed by atoms with Gasteiger partial charge in [0, 0.05) is 24.5 Å². The molecule has 0 spiro atoms. The Hall–Kier alpha value is -3.41. The van der Waals surface area contributed by atoms with Crippen LogP contribution >= 0.6 is 0 Å². The monoisotopic (exact) mass is 316 g/mol. The molecule has 0 amide bonds. The summed E-state index contributed by atoms with van der Waals surface area (Å²) in [4.78, 5) is 8.29. The number of nitrogen functional groups attached to an aromatic ring is 1. The molecule has 3 N–H and O–H groups in total. The van der Waals surface area contributed by atoms with Crippen molar-refractivity contribution in [3.8, 4) is 11.3 Å². The lowest BCUT2D eigenvalue weighted by Crippen LogP contribution is -2.00. The Balaban J connectivity index is 1.57. The van der Waals surface area contributed by atoms with Gasteiger partial charge in [0.2, 0.25) is 5.95 Å². The Morgan fingerprint density at radius 1 is 1.00 bits per heavy atom. The van der Waals surface area contributed by atoms with Gasteiger partial charge in [-0.25, -0.2) is 4.52 Å². The molecule has 1 aromatic carbocycles. The molecule has 0 atom stereocenters. The second-order valence-corrected chi connectivity index (χ2v) is 5.44. The summed E-state index contributed by atoms with van der Waals surface area (Å²) in [7, 11) is 0. The van der Waals surface area contributed by atoms with Crippen LogP contribution in [0.15, 0.2) is 67.0 Å². The number of fused-ring (bicyclic) bond motifs is 1. The number of rotatable bonds is 4. The molecule has 0 saturated carbocycles. The lowest BCUT2D eigenvalue weighted by atomic mass is 10.1. The van der Waals surface area contributed by atoms with Gasteiger partial charge in [0.25, 0.3) is 0 Å². The molecule has 4 rings (SSSR count). The molecule has 6 nitrogen and oxygen atoms in total. The molecule has 3 aromatic heterocycles. The SMILES string of the molecule is Nc1nc2cccc(-c3ccc(CNc4cccnc4)cc3)n2n1. The van der Waals surface area contributed by atoms with E-state index < -0.39 is 0 Å². The summed E-state index contributed by atoms with van der Waals surface area (Å²) in [6.07, 6.45) is 3.57. The number of hydrogen-bond donors (Lipinski definition) is 2. The van der Waals surface area contributed by atoms with E-state index in [1.165, 1.54) is 5.56 Å². The minimum absolute atomic E-state index is 0.278. The Kier molecular flexibility index (Phi) is 3.55. The molecule has 0 aliphatic rings. The maximum Gasteiger partial charge on any atom is 0.240 e. The predicted molar refractivity (Wildman–Crippen MR) is 94.4 cm³/mol. The third-order valence-corrected chi connectivity index (χ3v) is 3.78. The smallest absolute Gasteiger partial charge is 0.240 e. The molecule has 3 heterocycles. The number of aromatic nitrogens is 4. The van der Waals surface area contributed by atoms with Crippen LogP contribution in [0.4, 0.5) is 11.6 Å². The fourth-order valence-electron chi connectivity index (χ4n) is 2.61. The van der Waals surface area contributed by atoms with Crippen molar-refractivity contribution < 1.29 is 0 Å². The fraction of sp³-hybridized carbons (Fsp3) is 0.0556. The number of nitrogens with one attached hydrogen (secondary N) is 1. The standard InChI is InChI=1S/C18H16N6/c19-18-22-17-5-1-4-16(24(17)23-18)14-8-6-13(7-9-14)11-21-15-3-2-10-20-12-15/h1-10,12,21H,11H2,(H2,19,23). The van der Waals surface area contributed by atoms with E-state index in [1.54, 1.807) is 10.7 Å². The Morgan fingerprint density at radius 3 is 2.67 bits per heavy atom. The quantitative estimate of drug-likeness (QED) is 0.605. The van der Waals surface area contributed by atoms with Crippen LogP contribution in [-0.2, 0) is 6.54 Å². The summed E-state index contributed by atoms with van der Waals surface area (Å²) in [5, 5.41) is 7.60. The highest BCUT2D eigenvalue weighted by molar-refractivity contribution is 5.63. The van der Waals surface area contributed by atoms with E-state index in [1.807, 2.05) is 36.5 Å². The lowest BCUT2D eigenvalue weighted by Gasteiger charge is -2.08. The molecule has 24 heavy (non-hydrogen) atoms. The largest absolute Gasteiger partial charge is 0.380 e. The molecule has 0 saturated heterocycles. The van der Waals surface area contributed by atoms with E-state index in [0.29, 0.717) is 0 Å². The van der Waals surface area contributed by atoms with Crippen LogP contribution in [0.3, 0.4) is 0 Å². The minimum Gasteiger partial charge on any atom is -0.380 e. The van der Waals surface area contributed by atoms with Gasteiger partial charge in [-0.3, -0.25) is 4.98 Å². The molecule has 4 aromatic rings. The second-order valence-electron chi connectivity index (χ2n) is 5.44. The molecule has 6 heteroatoms. The van der Waals surface area contributed by atoms with Crippen molar-refractivity contribution in [2.75, 3.05) is 11.1 Å². The zero-order valence-corrected chi connectivity index (χ0v) is 12.9. The summed E-state index contributed by atoms with van der Waals surface area (Å²) in [6, 6.07) is 18.1. The first-order chi connectivity index (χ1) is 11.8.